The predicted molar refractivity (Wildman–Crippen MR) is 93.0 cm³/mol. The largest absolute Gasteiger partial charge is 0.366 e. The van der Waals surface area contributed by atoms with Crippen LogP contribution >= 0.6 is 0 Å². The van der Waals surface area contributed by atoms with Crippen LogP contribution in [0.5, 0.6) is 0 Å². The fourth-order valence-corrected chi connectivity index (χ4v) is 3.90. The van der Waals surface area contributed by atoms with Crippen LogP contribution in [0.1, 0.15) is 32.6 Å². The quantitative estimate of drug-likeness (QED) is 0.630. The number of anilines is 1. The second-order valence-corrected chi connectivity index (χ2v) is 7.04. The van der Waals surface area contributed by atoms with Gasteiger partial charge in [-0.2, -0.15) is 0 Å². The van der Waals surface area contributed by atoms with Gasteiger partial charge in [0.1, 0.15) is 5.69 Å². The molecule has 2 saturated heterocycles. The van der Waals surface area contributed by atoms with Gasteiger partial charge in [0.15, 0.2) is 0 Å². The van der Waals surface area contributed by atoms with Crippen molar-refractivity contribution in [2.45, 2.75) is 32.6 Å². The molecule has 0 saturated carbocycles. The zero-order valence-electron chi connectivity index (χ0n) is 14.2. The van der Waals surface area contributed by atoms with E-state index >= 15 is 0 Å². The zero-order chi connectivity index (χ0) is 17.1. The molecule has 0 bridgehead atoms. The number of piperidine rings is 2. The Balaban J connectivity index is 1.62. The lowest BCUT2D eigenvalue weighted by molar-refractivity contribution is -0.384. The van der Waals surface area contributed by atoms with E-state index in [0.717, 1.165) is 32.4 Å². The molecule has 0 radical (unpaired) electrons. The lowest BCUT2D eigenvalue weighted by Crippen LogP contribution is -2.46. The number of nitrogens with zero attached hydrogens (tertiary/aromatic N) is 3. The fraction of sp³-hybridized carbons (Fsp3) is 0.611. The monoisotopic (exact) mass is 331 g/mol. The van der Waals surface area contributed by atoms with E-state index < -0.39 is 0 Å². The molecule has 1 amide bonds. The number of amides is 1. The Kier molecular flexibility index (Phi) is 5.02. The first-order chi connectivity index (χ1) is 11.6. The molecule has 130 valence electrons. The minimum absolute atomic E-state index is 0.0642. The molecule has 1 atom stereocenters. The van der Waals surface area contributed by atoms with E-state index in [-0.39, 0.29) is 22.4 Å². The Morgan fingerprint density at radius 2 is 1.88 bits per heavy atom. The highest BCUT2D eigenvalue weighted by Crippen LogP contribution is 2.32. The van der Waals surface area contributed by atoms with E-state index in [1.54, 1.807) is 18.2 Å². The van der Waals surface area contributed by atoms with Gasteiger partial charge in [0, 0.05) is 38.2 Å². The first kappa shape index (κ1) is 16.7. The number of likely N-dealkylation sites (tertiary alicyclic amines) is 1. The standard InChI is InChI=1S/C18H25N3O3/c1-14-5-4-10-20(13-14)18(22)15-8-11-19(12-9-15)16-6-2-3-7-17(16)21(23)24/h2-3,6-7,14-15H,4-5,8-13H2,1H3. The molecule has 6 nitrogen and oxygen atoms in total. The summed E-state index contributed by atoms with van der Waals surface area (Å²) in [5.41, 5.74) is 0.812. The summed E-state index contributed by atoms with van der Waals surface area (Å²) in [7, 11) is 0. The summed E-state index contributed by atoms with van der Waals surface area (Å²) in [4.78, 5) is 27.6. The Hall–Kier alpha value is -2.11. The smallest absolute Gasteiger partial charge is 0.292 e. The number of nitro groups is 1. The molecule has 24 heavy (non-hydrogen) atoms. The molecule has 1 aromatic rings. The summed E-state index contributed by atoms with van der Waals surface area (Å²) in [6.07, 6.45) is 3.85. The first-order valence-electron chi connectivity index (χ1n) is 8.83. The third-order valence-corrected chi connectivity index (χ3v) is 5.23. The lowest BCUT2D eigenvalue weighted by Gasteiger charge is -2.37. The lowest BCUT2D eigenvalue weighted by atomic mass is 9.92. The van der Waals surface area contributed by atoms with Gasteiger partial charge in [0.2, 0.25) is 5.91 Å². The topological polar surface area (TPSA) is 66.7 Å². The average molecular weight is 331 g/mol. The van der Waals surface area contributed by atoms with Crippen molar-refractivity contribution in [3.05, 3.63) is 34.4 Å². The van der Waals surface area contributed by atoms with Gasteiger partial charge < -0.3 is 9.80 Å². The summed E-state index contributed by atoms with van der Waals surface area (Å²) in [5, 5.41) is 11.2. The van der Waals surface area contributed by atoms with Crippen molar-refractivity contribution >= 4 is 17.3 Å². The molecular weight excluding hydrogens is 306 g/mol. The van der Waals surface area contributed by atoms with Crippen LogP contribution in [0.4, 0.5) is 11.4 Å². The molecule has 2 fully saturated rings. The van der Waals surface area contributed by atoms with Crippen LogP contribution in [0.15, 0.2) is 24.3 Å². The van der Waals surface area contributed by atoms with Crippen molar-refractivity contribution in [2.75, 3.05) is 31.1 Å². The van der Waals surface area contributed by atoms with Gasteiger partial charge in [-0.25, -0.2) is 0 Å². The fourth-order valence-electron chi connectivity index (χ4n) is 3.90. The molecule has 0 N–H and O–H groups in total. The number of para-hydroxylation sites is 2. The number of nitro benzene ring substituents is 1. The van der Waals surface area contributed by atoms with Gasteiger partial charge in [-0.3, -0.25) is 14.9 Å². The third kappa shape index (κ3) is 3.52. The number of carbonyl (C=O) groups is 1. The van der Waals surface area contributed by atoms with Crippen LogP contribution in [0.3, 0.4) is 0 Å². The second kappa shape index (κ2) is 7.20. The predicted octanol–water partition coefficient (Wildman–Crippen LogP) is 3.07. The molecular formula is C18H25N3O3. The van der Waals surface area contributed by atoms with E-state index in [0.29, 0.717) is 24.7 Å². The molecule has 0 aliphatic carbocycles. The van der Waals surface area contributed by atoms with Crippen molar-refractivity contribution in [1.29, 1.82) is 0 Å². The number of benzene rings is 1. The molecule has 0 spiro atoms. The summed E-state index contributed by atoms with van der Waals surface area (Å²) in [6.45, 7) is 5.36. The van der Waals surface area contributed by atoms with Gasteiger partial charge in [0.25, 0.3) is 5.69 Å². The van der Waals surface area contributed by atoms with E-state index in [4.69, 9.17) is 0 Å². The van der Waals surface area contributed by atoms with Crippen molar-refractivity contribution in [2.24, 2.45) is 11.8 Å². The van der Waals surface area contributed by atoms with Crippen molar-refractivity contribution in [3.63, 3.8) is 0 Å². The minimum Gasteiger partial charge on any atom is -0.366 e. The normalized spacial score (nSPS) is 22.5. The van der Waals surface area contributed by atoms with Gasteiger partial charge >= 0.3 is 0 Å². The summed E-state index contributed by atoms with van der Waals surface area (Å²) in [6, 6.07) is 6.86. The highest BCUT2D eigenvalue weighted by atomic mass is 16.6. The van der Waals surface area contributed by atoms with Crippen LogP contribution in [-0.4, -0.2) is 41.9 Å². The van der Waals surface area contributed by atoms with Gasteiger partial charge in [-0.05, 0) is 37.7 Å². The molecule has 2 aliphatic rings. The number of hydrogen-bond acceptors (Lipinski definition) is 4. The Labute approximate surface area is 142 Å². The number of rotatable bonds is 3. The van der Waals surface area contributed by atoms with Crippen LogP contribution < -0.4 is 4.90 Å². The molecule has 1 aromatic carbocycles. The average Bonchev–Trinajstić information content (AvgIpc) is 2.61. The minimum atomic E-state index is -0.332. The maximum atomic E-state index is 12.7. The van der Waals surface area contributed by atoms with Gasteiger partial charge in [0.05, 0.1) is 4.92 Å². The van der Waals surface area contributed by atoms with E-state index in [9.17, 15) is 14.9 Å². The van der Waals surface area contributed by atoms with Crippen molar-refractivity contribution < 1.29 is 9.72 Å². The van der Waals surface area contributed by atoms with Crippen molar-refractivity contribution in [1.82, 2.24) is 4.90 Å². The summed E-state index contributed by atoms with van der Waals surface area (Å²) < 4.78 is 0. The Bertz CT molecular complexity index is 611. The molecule has 3 rings (SSSR count). The van der Waals surface area contributed by atoms with Crippen LogP contribution in [0.25, 0.3) is 0 Å². The Morgan fingerprint density at radius 3 is 2.54 bits per heavy atom. The third-order valence-electron chi connectivity index (χ3n) is 5.23. The summed E-state index contributed by atoms with van der Waals surface area (Å²) >= 11 is 0. The maximum absolute atomic E-state index is 12.7. The van der Waals surface area contributed by atoms with E-state index in [2.05, 4.69) is 6.92 Å². The molecule has 6 heteroatoms. The Morgan fingerprint density at radius 1 is 1.17 bits per heavy atom. The summed E-state index contributed by atoms with van der Waals surface area (Å²) in [5.74, 6) is 0.938. The molecule has 2 heterocycles. The highest BCUT2D eigenvalue weighted by molar-refractivity contribution is 5.79. The van der Waals surface area contributed by atoms with E-state index in [1.807, 2.05) is 15.9 Å². The molecule has 0 aromatic heterocycles. The number of hydrogen-bond donors (Lipinski definition) is 0. The number of carbonyl (C=O) groups excluding carboxylic acids is 1. The maximum Gasteiger partial charge on any atom is 0.292 e. The van der Waals surface area contributed by atoms with E-state index in [1.165, 1.54) is 6.42 Å². The molecule has 2 aliphatic heterocycles. The van der Waals surface area contributed by atoms with Crippen molar-refractivity contribution in [3.8, 4) is 0 Å². The van der Waals surface area contributed by atoms with Crippen LogP contribution in [0.2, 0.25) is 0 Å². The van der Waals surface area contributed by atoms with Crippen LogP contribution in [0, 0.1) is 22.0 Å². The van der Waals surface area contributed by atoms with Crippen LogP contribution in [-0.2, 0) is 4.79 Å². The highest BCUT2D eigenvalue weighted by Gasteiger charge is 2.31. The van der Waals surface area contributed by atoms with Gasteiger partial charge in [-0.15, -0.1) is 0 Å². The molecule has 1 unspecified atom stereocenters. The second-order valence-electron chi connectivity index (χ2n) is 7.04. The SMILES string of the molecule is CC1CCCN(C(=O)C2CCN(c3ccccc3[N+](=O)[O-])CC2)C1. The zero-order valence-corrected chi connectivity index (χ0v) is 14.2. The van der Waals surface area contributed by atoms with Gasteiger partial charge in [-0.1, -0.05) is 19.1 Å². The first-order valence-corrected chi connectivity index (χ1v) is 8.83.